The highest BCUT2D eigenvalue weighted by atomic mass is 35.5. The first-order chi connectivity index (χ1) is 14.9. The number of nitrogens with zero attached hydrogens (tertiary/aromatic N) is 1. The normalized spacial score (nSPS) is 17.1. The molecule has 1 N–H and O–H groups in total. The van der Waals surface area contributed by atoms with Gasteiger partial charge in [-0.3, -0.25) is 4.90 Å². The van der Waals surface area contributed by atoms with Crippen molar-refractivity contribution in [1.29, 1.82) is 0 Å². The highest BCUT2D eigenvalue weighted by molar-refractivity contribution is 6.31. The fourth-order valence-corrected chi connectivity index (χ4v) is 4.99. The van der Waals surface area contributed by atoms with Crippen LogP contribution in [0.15, 0.2) is 42.5 Å². The number of halogens is 1. The molecule has 0 fully saturated rings. The van der Waals surface area contributed by atoms with Crippen LogP contribution >= 0.6 is 11.6 Å². The molecule has 0 saturated heterocycles. The van der Waals surface area contributed by atoms with Gasteiger partial charge < -0.3 is 9.72 Å². The molecule has 0 saturated carbocycles. The van der Waals surface area contributed by atoms with Crippen molar-refractivity contribution in [1.82, 2.24) is 9.88 Å². The van der Waals surface area contributed by atoms with Gasteiger partial charge in [0.1, 0.15) is 0 Å². The molecule has 31 heavy (non-hydrogen) atoms. The topological polar surface area (TPSA) is 45.3 Å². The van der Waals surface area contributed by atoms with E-state index in [0.29, 0.717) is 19.1 Å². The molecule has 164 valence electrons. The minimum Gasteiger partial charge on any atom is -0.450 e. The van der Waals surface area contributed by atoms with E-state index >= 15 is 0 Å². The number of carbonyl (C=O) groups excluding carboxylic acids is 1. The van der Waals surface area contributed by atoms with Crippen LogP contribution in [-0.2, 0) is 17.6 Å². The molecular weight excluding hydrogens is 408 g/mol. The highest BCUT2D eigenvalue weighted by Crippen LogP contribution is 2.40. The Morgan fingerprint density at radius 1 is 1.19 bits per heavy atom. The Bertz CT molecular complexity index is 1070. The average molecular weight is 439 g/mol. The molecule has 4 nitrogen and oxygen atoms in total. The molecule has 1 aliphatic heterocycles. The SMILES string of the molecule is CCOC(=O)N1CCc2c([nH]c3ccc(Cl)cc23)C1C(C)Cc1ccc(C(C)C)cc1. The summed E-state index contributed by atoms with van der Waals surface area (Å²) in [7, 11) is 0. The van der Waals surface area contributed by atoms with E-state index in [1.807, 2.05) is 30.0 Å². The second-order valence-corrected chi connectivity index (χ2v) is 9.31. The van der Waals surface area contributed by atoms with Crippen molar-refractivity contribution in [3.63, 3.8) is 0 Å². The van der Waals surface area contributed by atoms with E-state index in [9.17, 15) is 4.79 Å². The van der Waals surface area contributed by atoms with Crippen LogP contribution in [0.5, 0.6) is 0 Å². The number of aromatic amines is 1. The summed E-state index contributed by atoms with van der Waals surface area (Å²) in [6, 6.07) is 14.8. The third kappa shape index (κ3) is 4.31. The zero-order valence-electron chi connectivity index (χ0n) is 18.7. The van der Waals surface area contributed by atoms with Crippen molar-refractivity contribution in [2.75, 3.05) is 13.2 Å². The van der Waals surface area contributed by atoms with Crippen molar-refractivity contribution in [2.45, 2.75) is 52.5 Å². The van der Waals surface area contributed by atoms with Crippen LogP contribution in [-0.4, -0.2) is 29.1 Å². The van der Waals surface area contributed by atoms with E-state index in [2.05, 4.69) is 50.0 Å². The number of hydrogen-bond acceptors (Lipinski definition) is 2. The monoisotopic (exact) mass is 438 g/mol. The van der Waals surface area contributed by atoms with Gasteiger partial charge >= 0.3 is 6.09 Å². The number of fused-ring (bicyclic) bond motifs is 3. The van der Waals surface area contributed by atoms with E-state index < -0.39 is 0 Å². The molecule has 0 radical (unpaired) electrons. The average Bonchev–Trinajstić information content (AvgIpc) is 3.11. The maximum Gasteiger partial charge on any atom is 0.410 e. The number of ether oxygens (including phenoxy) is 1. The molecule has 0 bridgehead atoms. The van der Waals surface area contributed by atoms with Gasteiger partial charge in [-0.25, -0.2) is 4.79 Å². The quantitative estimate of drug-likeness (QED) is 0.471. The van der Waals surface area contributed by atoms with Crippen LogP contribution in [0, 0.1) is 5.92 Å². The first-order valence-electron chi connectivity index (χ1n) is 11.2. The van der Waals surface area contributed by atoms with Crippen LogP contribution in [0.1, 0.15) is 62.0 Å². The molecule has 1 aromatic heterocycles. The summed E-state index contributed by atoms with van der Waals surface area (Å²) in [4.78, 5) is 18.3. The largest absolute Gasteiger partial charge is 0.450 e. The van der Waals surface area contributed by atoms with Gasteiger partial charge in [0.2, 0.25) is 0 Å². The van der Waals surface area contributed by atoms with Gasteiger partial charge in [-0.2, -0.15) is 0 Å². The lowest BCUT2D eigenvalue weighted by Crippen LogP contribution is -2.43. The second-order valence-electron chi connectivity index (χ2n) is 8.87. The second kappa shape index (κ2) is 8.96. The predicted molar refractivity (Wildman–Crippen MR) is 127 cm³/mol. The fraction of sp³-hybridized carbons (Fsp3) is 0.423. The number of H-pyrrole nitrogens is 1. The molecule has 3 aromatic rings. The lowest BCUT2D eigenvalue weighted by atomic mass is 9.85. The van der Waals surface area contributed by atoms with Crippen LogP contribution < -0.4 is 0 Å². The summed E-state index contributed by atoms with van der Waals surface area (Å²) >= 11 is 6.28. The van der Waals surface area contributed by atoms with E-state index in [1.165, 1.54) is 16.7 Å². The number of aromatic nitrogens is 1. The number of nitrogens with one attached hydrogen (secondary N) is 1. The van der Waals surface area contributed by atoms with E-state index in [-0.39, 0.29) is 18.1 Å². The van der Waals surface area contributed by atoms with Crippen molar-refractivity contribution in [3.05, 3.63) is 69.9 Å². The van der Waals surface area contributed by atoms with Crippen molar-refractivity contribution in [3.8, 4) is 0 Å². The predicted octanol–water partition coefficient (Wildman–Crippen LogP) is 6.88. The van der Waals surface area contributed by atoms with Crippen LogP contribution in [0.4, 0.5) is 4.79 Å². The van der Waals surface area contributed by atoms with E-state index in [1.54, 1.807) is 0 Å². The Kier molecular flexibility index (Phi) is 6.29. The van der Waals surface area contributed by atoms with Gasteiger partial charge in [-0.05, 0) is 66.5 Å². The van der Waals surface area contributed by atoms with Gasteiger partial charge in [0, 0.05) is 28.2 Å². The van der Waals surface area contributed by atoms with Gasteiger partial charge in [-0.1, -0.05) is 56.6 Å². The van der Waals surface area contributed by atoms with Gasteiger partial charge in [-0.15, -0.1) is 0 Å². The molecule has 2 atom stereocenters. The summed E-state index contributed by atoms with van der Waals surface area (Å²) in [5.74, 6) is 0.738. The van der Waals surface area contributed by atoms with Crippen molar-refractivity contribution < 1.29 is 9.53 Å². The molecule has 2 aromatic carbocycles. The number of rotatable bonds is 5. The standard InChI is InChI=1S/C26H31ClN2O2/c1-5-31-26(30)29-13-12-21-22-15-20(27)10-11-23(22)28-24(21)25(29)17(4)14-18-6-8-19(9-7-18)16(2)3/h6-11,15-17,25,28H,5,12-14H2,1-4H3. The summed E-state index contributed by atoms with van der Waals surface area (Å²) in [6.07, 6.45) is 1.44. The molecule has 2 unspecified atom stereocenters. The van der Waals surface area contributed by atoms with Crippen LogP contribution in [0.2, 0.25) is 5.02 Å². The fourth-order valence-electron chi connectivity index (χ4n) is 4.81. The summed E-state index contributed by atoms with van der Waals surface area (Å²) in [5.41, 5.74) is 6.08. The lowest BCUT2D eigenvalue weighted by molar-refractivity contribution is 0.0717. The maximum absolute atomic E-state index is 12.8. The lowest BCUT2D eigenvalue weighted by Gasteiger charge is -2.38. The Balaban J connectivity index is 1.70. The number of amides is 1. The highest BCUT2D eigenvalue weighted by Gasteiger charge is 2.37. The summed E-state index contributed by atoms with van der Waals surface area (Å²) < 4.78 is 5.41. The Morgan fingerprint density at radius 2 is 1.94 bits per heavy atom. The molecule has 5 heteroatoms. The molecule has 4 rings (SSSR count). The number of carbonyl (C=O) groups is 1. The van der Waals surface area contributed by atoms with Crippen molar-refractivity contribution in [2.24, 2.45) is 5.92 Å². The first-order valence-corrected chi connectivity index (χ1v) is 11.6. The molecule has 1 amide bonds. The Hall–Kier alpha value is -2.46. The number of benzene rings is 2. The molecule has 0 aliphatic carbocycles. The van der Waals surface area contributed by atoms with Gasteiger partial charge in [0.25, 0.3) is 0 Å². The van der Waals surface area contributed by atoms with Crippen molar-refractivity contribution >= 4 is 28.6 Å². The van der Waals surface area contributed by atoms with E-state index in [4.69, 9.17) is 16.3 Å². The first kappa shape index (κ1) is 21.8. The third-order valence-electron chi connectivity index (χ3n) is 6.38. The van der Waals surface area contributed by atoms with Crippen LogP contribution in [0.3, 0.4) is 0 Å². The van der Waals surface area contributed by atoms with E-state index in [0.717, 1.165) is 34.5 Å². The van der Waals surface area contributed by atoms with Gasteiger partial charge in [0.05, 0.1) is 12.6 Å². The maximum atomic E-state index is 12.8. The van der Waals surface area contributed by atoms with Gasteiger partial charge in [0.15, 0.2) is 0 Å². The molecule has 0 spiro atoms. The molecular formula is C26H31ClN2O2. The Labute approximate surface area is 189 Å². The zero-order valence-corrected chi connectivity index (χ0v) is 19.5. The number of hydrogen-bond donors (Lipinski definition) is 1. The third-order valence-corrected chi connectivity index (χ3v) is 6.62. The summed E-state index contributed by atoms with van der Waals surface area (Å²) in [5, 5.41) is 1.89. The zero-order chi connectivity index (χ0) is 22.1. The summed E-state index contributed by atoms with van der Waals surface area (Å²) in [6.45, 7) is 9.52. The Morgan fingerprint density at radius 3 is 2.61 bits per heavy atom. The minimum atomic E-state index is -0.239. The molecule has 1 aliphatic rings. The molecule has 2 heterocycles. The van der Waals surface area contributed by atoms with Crippen LogP contribution in [0.25, 0.3) is 10.9 Å². The minimum absolute atomic E-state index is 0.0706. The smallest absolute Gasteiger partial charge is 0.410 e.